The molecule has 1 N–H and O–H groups in total. The van der Waals surface area contributed by atoms with Gasteiger partial charge in [-0.3, -0.25) is 0 Å². The molecule has 1 atom stereocenters. The van der Waals surface area contributed by atoms with Gasteiger partial charge in [0.1, 0.15) is 0 Å². The first-order valence-electron chi connectivity index (χ1n) is 5.26. The minimum atomic E-state index is -3.24. The van der Waals surface area contributed by atoms with Crippen molar-refractivity contribution >= 4 is 10.0 Å². The molecule has 0 aliphatic carbocycles. The largest absolute Gasteiger partial charge is 0.241 e. The Balaban J connectivity index is 2.34. The van der Waals surface area contributed by atoms with Crippen molar-refractivity contribution in [2.75, 3.05) is 0 Å². The van der Waals surface area contributed by atoms with Crippen LogP contribution in [0.1, 0.15) is 37.8 Å². The predicted octanol–water partition coefficient (Wildman–Crippen LogP) is 2.21. The van der Waals surface area contributed by atoms with E-state index in [2.05, 4.69) is 11.6 Å². The lowest BCUT2D eigenvalue weighted by atomic mass is 10.0. The fraction of sp³-hybridized carbons (Fsp3) is 0.455. The van der Waals surface area contributed by atoms with Crippen molar-refractivity contribution in [3.63, 3.8) is 0 Å². The van der Waals surface area contributed by atoms with Crippen LogP contribution in [0.2, 0.25) is 0 Å². The van der Waals surface area contributed by atoms with Crippen LogP contribution in [0.3, 0.4) is 0 Å². The molecule has 0 fully saturated rings. The van der Waals surface area contributed by atoms with E-state index in [0.717, 1.165) is 24.8 Å². The zero-order valence-electron chi connectivity index (χ0n) is 8.73. The summed E-state index contributed by atoms with van der Waals surface area (Å²) in [5.41, 5.74) is 0.922. The van der Waals surface area contributed by atoms with Crippen LogP contribution >= 0.6 is 0 Å². The van der Waals surface area contributed by atoms with Crippen LogP contribution < -0.4 is 4.72 Å². The molecule has 4 heteroatoms. The van der Waals surface area contributed by atoms with Crippen LogP contribution in [-0.4, -0.2) is 8.42 Å². The molecular formula is C11H15NO2S. The van der Waals surface area contributed by atoms with E-state index in [4.69, 9.17) is 0 Å². The van der Waals surface area contributed by atoms with Gasteiger partial charge in [0, 0.05) is 6.04 Å². The monoisotopic (exact) mass is 225 g/mol. The standard InChI is InChI=1S/C11H15NO2S/c1-2-3-7-10-9-6-4-5-8-11(9)15(13,14)12-10/h4-6,8,10,12H,2-3,7H2,1H3. The second-order valence-electron chi connectivity index (χ2n) is 3.85. The third kappa shape index (κ3) is 1.92. The summed E-state index contributed by atoms with van der Waals surface area (Å²) in [4.78, 5) is 0.450. The Labute approximate surface area is 90.6 Å². The van der Waals surface area contributed by atoms with E-state index >= 15 is 0 Å². The van der Waals surface area contributed by atoms with Crippen molar-refractivity contribution in [3.05, 3.63) is 29.8 Å². The quantitative estimate of drug-likeness (QED) is 0.857. The van der Waals surface area contributed by atoms with Crippen LogP contribution in [0, 0.1) is 0 Å². The number of benzene rings is 1. The summed E-state index contributed by atoms with van der Waals surface area (Å²) >= 11 is 0. The van der Waals surface area contributed by atoms with E-state index < -0.39 is 10.0 Å². The smallest absolute Gasteiger partial charge is 0.207 e. The topological polar surface area (TPSA) is 46.2 Å². The zero-order valence-corrected chi connectivity index (χ0v) is 9.55. The Morgan fingerprint density at radius 3 is 2.80 bits per heavy atom. The zero-order chi connectivity index (χ0) is 10.9. The number of nitrogens with one attached hydrogen (secondary N) is 1. The molecule has 0 amide bonds. The van der Waals surface area contributed by atoms with Crippen molar-refractivity contribution in [2.45, 2.75) is 37.1 Å². The summed E-state index contributed by atoms with van der Waals surface area (Å²) in [6, 6.07) is 7.20. The van der Waals surface area contributed by atoms with E-state index in [1.54, 1.807) is 12.1 Å². The highest BCUT2D eigenvalue weighted by atomic mass is 32.2. The number of sulfonamides is 1. The second-order valence-corrected chi connectivity index (χ2v) is 5.54. The average Bonchev–Trinajstić information content (AvgIpc) is 2.49. The van der Waals surface area contributed by atoms with Crippen molar-refractivity contribution in [3.8, 4) is 0 Å². The highest BCUT2D eigenvalue weighted by molar-refractivity contribution is 7.89. The Morgan fingerprint density at radius 2 is 2.07 bits per heavy atom. The first kappa shape index (κ1) is 10.6. The fourth-order valence-corrected chi connectivity index (χ4v) is 3.47. The molecule has 1 aromatic rings. The van der Waals surface area contributed by atoms with Gasteiger partial charge in [-0.15, -0.1) is 0 Å². The Hall–Kier alpha value is -0.870. The molecule has 1 unspecified atom stereocenters. The number of hydrogen-bond acceptors (Lipinski definition) is 2. The maximum absolute atomic E-state index is 11.7. The summed E-state index contributed by atoms with van der Waals surface area (Å²) < 4.78 is 26.1. The van der Waals surface area contributed by atoms with Crippen LogP contribution in [0.5, 0.6) is 0 Å². The van der Waals surface area contributed by atoms with Gasteiger partial charge in [0.25, 0.3) is 0 Å². The minimum absolute atomic E-state index is 0.0221. The number of rotatable bonds is 3. The lowest BCUT2D eigenvalue weighted by Crippen LogP contribution is -2.19. The predicted molar refractivity (Wildman–Crippen MR) is 59.0 cm³/mol. The van der Waals surface area contributed by atoms with E-state index in [-0.39, 0.29) is 6.04 Å². The van der Waals surface area contributed by atoms with Crippen molar-refractivity contribution in [1.29, 1.82) is 0 Å². The summed E-state index contributed by atoms with van der Waals surface area (Å²) in [6.07, 6.45) is 3.01. The molecule has 15 heavy (non-hydrogen) atoms. The van der Waals surface area contributed by atoms with Gasteiger partial charge in [0.2, 0.25) is 10.0 Å². The summed E-state index contributed by atoms with van der Waals surface area (Å²) in [5, 5.41) is 0. The lowest BCUT2D eigenvalue weighted by molar-refractivity contribution is 0.546. The molecule has 1 aliphatic rings. The molecule has 82 valence electrons. The number of fused-ring (bicyclic) bond motifs is 1. The van der Waals surface area contributed by atoms with Gasteiger partial charge in [-0.25, -0.2) is 13.1 Å². The van der Waals surface area contributed by atoms with Gasteiger partial charge in [-0.05, 0) is 18.1 Å². The molecule has 1 heterocycles. The molecule has 0 saturated heterocycles. The molecule has 0 spiro atoms. The van der Waals surface area contributed by atoms with Crippen molar-refractivity contribution < 1.29 is 8.42 Å². The molecule has 0 saturated carbocycles. The van der Waals surface area contributed by atoms with Crippen molar-refractivity contribution in [2.24, 2.45) is 0 Å². The minimum Gasteiger partial charge on any atom is -0.207 e. The molecule has 3 nitrogen and oxygen atoms in total. The first-order chi connectivity index (χ1) is 7.15. The highest BCUT2D eigenvalue weighted by Crippen LogP contribution is 2.33. The third-order valence-electron chi connectivity index (χ3n) is 2.73. The number of unbranched alkanes of at least 4 members (excludes halogenated alkanes) is 1. The molecule has 0 aromatic heterocycles. The van der Waals surface area contributed by atoms with E-state index in [0.29, 0.717) is 4.90 Å². The summed E-state index contributed by atoms with van der Waals surface area (Å²) in [6.45, 7) is 2.11. The Bertz CT molecular complexity index is 453. The molecule has 0 bridgehead atoms. The highest BCUT2D eigenvalue weighted by Gasteiger charge is 2.32. The van der Waals surface area contributed by atoms with Gasteiger partial charge >= 0.3 is 0 Å². The number of hydrogen-bond donors (Lipinski definition) is 1. The lowest BCUT2D eigenvalue weighted by Gasteiger charge is -2.08. The molecule has 1 aromatic carbocycles. The van der Waals surface area contributed by atoms with Gasteiger partial charge in [0.05, 0.1) is 4.90 Å². The van der Waals surface area contributed by atoms with E-state index in [1.807, 2.05) is 12.1 Å². The third-order valence-corrected chi connectivity index (χ3v) is 4.27. The van der Waals surface area contributed by atoms with Crippen LogP contribution in [0.25, 0.3) is 0 Å². The normalized spacial score (nSPS) is 22.6. The van der Waals surface area contributed by atoms with Gasteiger partial charge in [0.15, 0.2) is 0 Å². The summed E-state index contributed by atoms with van der Waals surface area (Å²) in [5.74, 6) is 0. The van der Waals surface area contributed by atoms with Gasteiger partial charge in [-0.2, -0.15) is 0 Å². The Morgan fingerprint density at radius 1 is 1.33 bits per heavy atom. The van der Waals surface area contributed by atoms with Crippen LogP contribution in [0.15, 0.2) is 29.2 Å². The van der Waals surface area contributed by atoms with E-state index in [1.165, 1.54) is 0 Å². The van der Waals surface area contributed by atoms with E-state index in [9.17, 15) is 8.42 Å². The average molecular weight is 225 g/mol. The van der Waals surface area contributed by atoms with Gasteiger partial charge in [-0.1, -0.05) is 38.0 Å². The Kier molecular flexibility index (Phi) is 2.80. The maximum Gasteiger partial charge on any atom is 0.241 e. The molecule has 1 aliphatic heterocycles. The molecule has 0 radical (unpaired) electrons. The maximum atomic E-state index is 11.7. The first-order valence-corrected chi connectivity index (χ1v) is 6.74. The van der Waals surface area contributed by atoms with Gasteiger partial charge < -0.3 is 0 Å². The fourth-order valence-electron chi connectivity index (χ4n) is 1.95. The SMILES string of the molecule is CCCCC1NS(=O)(=O)c2ccccc21. The summed E-state index contributed by atoms with van der Waals surface area (Å²) in [7, 11) is -3.24. The molecule has 2 rings (SSSR count). The van der Waals surface area contributed by atoms with Crippen LogP contribution in [0.4, 0.5) is 0 Å². The molecular weight excluding hydrogens is 210 g/mol. The van der Waals surface area contributed by atoms with Crippen LogP contribution in [-0.2, 0) is 10.0 Å². The second kappa shape index (κ2) is 3.94. The van der Waals surface area contributed by atoms with Crippen molar-refractivity contribution in [1.82, 2.24) is 4.72 Å².